The summed E-state index contributed by atoms with van der Waals surface area (Å²) in [6.07, 6.45) is 0. The Labute approximate surface area is 95.7 Å². The van der Waals surface area contributed by atoms with Crippen molar-refractivity contribution in [2.75, 3.05) is 19.4 Å². The molecule has 0 spiro atoms. The topological polar surface area (TPSA) is 81.4 Å². The van der Waals surface area contributed by atoms with Gasteiger partial charge in [0.05, 0.1) is 17.7 Å². The van der Waals surface area contributed by atoms with Gasteiger partial charge >= 0.3 is 0 Å². The summed E-state index contributed by atoms with van der Waals surface area (Å²) in [6, 6.07) is 3.02. The first kappa shape index (κ1) is 12.8. The van der Waals surface area contributed by atoms with Gasteiger partial charge in [0.1, 0.15) is 5.75 Å². The highest BCUT2D eigenvalue weighted by Gasteiger charge is 2.17. The monoisotopic (exact) mass is 244 g/mol. The fraction of sp³-hybridized carbons (Fsp3) is 0.400. The molecule has 1 aromatic rings. The van der Waals surface area contributed by atoms with E-state index >= 15 is 0 Å². The highest BCUT2D eigenvalue weighted by molar-refractivity contribution is 7.89. The molecule has 0 unspecified atom stereocenters. The summed E-state index contributed by atoms with van der Waals surface area (Å²) in [5, 5.41) is 0. The van der Waals surface area contributed by atoms with Crippen LogP contribution in [0.3, 0.4) is 0 Å². The number of hydrogen-bond donors (Lipinski definition) is 2. The maximum atomic E-state index is 11.8. The molecule has 0 aliphatic carbocycles. The lowest BCUT2D eigenvalue weighted by molar-refractivity contribution is 0.415. The SMILES string of the molecule is CCNS(=O)(=O)c1cc(OC)c(N)cc1C. The van der Waals surface area contributed by atoms with Gasteiger partial charge in [0.2, 0.25) is 10.0 Å². The average molecular weight is 244 g/mol. The molecule has 3 N–H and O–H groups in total. The zero-order valence-electron chi connectivity index (χ0n) is 9.57. The van der Waals surface area contributed by atoms with Crippen LogP contribution in [-0.4, -0.2) is 22.1 Å². The van der Waals surface area contributed by atoms with Crippen LogP contribution in [0.1, 0.15) is 12.5 Å². The largest absolute Gasteiger partial charge is 0.495 e. The third-order valence-corrected chi connectivity index (χ3v) is 3.84. The molecule has 0 heterocycles. The molecule has 1 rings (SSSR count). The summed E-state index contributed by atoms with van der Waals surface area (Å²) >= 11 is 0. The second-order valence-electron chi connectivity index (χ2n) is 3.36. The Hall–Kier alpha value is -1.27. The lowest BCUT2D eigenvalue weighted by Crippen LogP contribution is -2.24. The lowest BCUT2D eigenvalue weighted by atomic mass is 10.2. The molecule has 0 atom stereocenters. The minimum atomic E-state index is -3.48. The average Bonchev–Trinajstić information content (AvgIpc) is 2.17. The molecule has 0 aromatic heterocycles. The van der Waals surface area contributed by atoms with Crippen molar-refractivity contribution in [2.24, 2.45) is 0 Å². The van der Waals surface area contributed by atoms with E-state index in [1.807, 2.05) is 0 Å². The summed E-state index contributed by atoms with van der Waals surface area (Å²) in [5.41, 5.74) is 6.70. The third-order valence-electron chi connectivity index (χ3n) is 2.15. The van der Waals surface area contributed by atoms with Crippen molar-refractivity contribution in [1.29, 1.82) is 0 Å². The zero-order chi connectivity index (χ0) is 12.3. The van der Waals surface area contributed by atoms with Crippen molar-refractivity contribution < 1.29 is 13.2 Å². The molecule has 0 saturated carbocycles. The number of benzene rings is 1. The van der Waals surface area contributed by atoms with Crippen molar-refractivity contribution >= 4 is 15.7 Å². The van der Waals surface area contributed by atoms with E-state index in [9.17, 15) is 8.42 Å². The standard InChI is InChI=1S/C10H16N2O3S/c1-4-12-16(13,14)10-6-9(15-3)8(11)5-7(10)2/h5-6,12H,4,11H2,1-3H3. The van der Waals surface area contributed by atoms with Crippen LogP contribution in [0.2, 0.25) is 0 Å². The summed E-state index contributed by atoms with van der Waals surface area (Å²) in [4.78, 5) is 0.195. The Kier molecular flexibility index (Phi) is 3.77. The van der Waals surface area contributed by atoms with E-state index in [1.54, 1.807) is 19.9 Å². The van der Waals surface area contributed by atoms with Gasteiger partial charge in [-0.2, -0.15) is 0 Å². The first-order valence-electron chi connectivity index (χ1n) is 4.86. The Morgan fingerprint density at radius 1 is 1.44 bits per heavy atom. The van der Waals surface area contributed by atoms with E-state index in [4.69, 9.17) is 10.5 Å². The van der Waals surface area contributed by atoms with Crippen LogP contribution in [0, 0.1) is 6.92 Å². The van der Waals surface area contributed by atoms with Gasteiger partial charge in [0.15, 0.2) is 0 Å². The predicted molar refractivity (Wildman–Crippen MR) is 63.0 cm³/mol. The number of ether oxygens (including phenoxy) is 1. The second kappa shape index (κ2) is 4.71. The van der Waals surface area contributed by atoms with Crippen molar-refractivity contribution in [2.45, 2.75) is 18.7 Å². The number of hydrogen-bond acceptors (Lipinski definition) is 4. The van der Waals surface area contributed by atoms with E-state index < -0.39 is 10.0 Å². The first-order chi connectivity index (χ1) is 7.42. The fourth-order valence-corrected chi connectivity index (χ4v) is 2.71. The minimum absolute atomic E-state index is 0.195. The molecule has 1 aromatic carbocycles. The normalized spacial score (nSPS) is 11.4. The number of sulfonamides is 1. The Balaban J connectivity index is 3.34. The predicted octanol–water partition coefficient (Wildman–Crippen LogP) is 0.884. The van der Waals surface area contributed by atoms with Crippen LogP contribution >= 0.6 is 0 Å². The van der Waals surface area contributed by atoms with Crippen LogP contribution in [0.15, 0.2) is 17.0 Å². The molecule has 0 saturated heterocycles. The summed E-state index contributed by atoms with van der Waals surface area (Å²) in [6.45, 7) is 3.76. The van der Waals surface area contributed by atoms with Crippen molar-refractivity contribution in [3.05, 3.63) is 17.7 Å². The van der Waals surface area contributed by atoms with Gasteiger partial charge in [-0.1, -0.05) is 6.92 Å². The molecule has 0 amide bonds. The van der Waals surface area contributed by atoms with Crippen LogP contribution in [0.25, 0.3) is 0 Å². The van der Waals surface area contributed by atoms with Gasteiger partial charge in [0, 0.05) is 12.6 Å². The van der Waals surface area contributed by atoms with Gasteiger partial charge in [-0.25, -0.2) is 13.1 Å². The third kappa shape index (κ3) is 2.45. The molecule has 0 bridgehead atoms. The van der Waals surface area contributed by atoms with Gasteiger partial charge in [-0.15, -0.1) is 0 Å². The summed E-state index contributed by atoms with van der Waals surface area (Å²) in [5.74, 6) is 0.363. The van der Waals surface area contributed by atoms with Crippen LogP contribution < -0.4 is 15.2 Å². The van der Waals surface area contributed by atoms with Crippen molar-refractivity contribution in [3.63, 3.8) is 0 Å². The molecule has 0 aliphatic rings. The lowest BCUT2D eigenvalue weighted by Gasteiger charge is -2.11. The second-order valence-corrected chi connectivity index (χ2v) is 5.10. The van der Waals surface area contributed by atoms with Gasteiger partial charge in [-0.3, -0.25) is 0 Å². The molecule has 6 heteroatoms. The van der Waals surface area contributed by atoms with E-state index in [2.05, 4.69) is 4.72 Å². The molecule has 90 valence electrons. The Morgan fingerprint density at radius 3 is 2.56 bits per heavy atom. The van der Waals surface area contributed by atoms with Gasteiger partial charge in [-0.05, 0) is 18.6 Å². The van der Waals surface area contributed by atoms with Crippen molar-refractivity contribution in [1.82, 2.24) is 4.72 Å². The molecule has 5 nitrogen and oxygen atoms in total. The highest BCUT2D eigenvalue weighted by atomic mass is 32.2. The highest BCUT2D eigenvalue weighted by Crippen LogP contribution is 2.27. The smallest absolute Gasteiger partial charge is 0.240 e. The number of nitrogen functional groups attached to an aromatic ring is 1. The molecule has 0 aliphatic heterocycles. The van der Waals surface area contributed by atoms with Crippen LogP contribution in [-0.2, 0) is 10.0 Å². The quantitative estimate of drug-likeness (QED) is 0.770. The number of anilines is 1. The Morgan fingerprint density at radius 2 is 2.06 bits per heavy atom. The van der Waals surface area contributed by atoms with Crippen LogP contribution in [0.5, 0.6) is 5.75 Å². The number of nitrogens with one attached hydrogen (secondary N) is 1. The zero-order valence-corrected chi connectivity index (χ0v) is 10.4. The molecule has 16 heavy (non-hydrogen) atoms. The first-order valence-corrected chi connectivity index (χ1v) is 6.34. The van der Waals surface area contributed by atoms with E-state index in [0.29, 0.717) is 23.5 Å². The minimum Gasteiger partial charge on any atom is -0.495 e. The maximum Gasteiger partial charge on any atom is 0.240 e. The number of rotatable bonds is 4. The van der Waals surface area contributed by atoms with Gasteiger partial charge < -0.3 is 10.5 Å². The van der Waals surface area contributed by atoms with E-state index in [1.165, 1.54) is 13.2 Å². The van der Waals surface area contributed by atoms with Crippen molar-refractivity contribution in [3.8, 4) is 5.75 Å². The number of nitrogens with two attached hydrogens (primary N) is 1. The summed E-state index contributed by atoms with van der Waals surface area (Å²) < 4.78 is 31.1. The van der Waals surface area contributed by atoms with E-state index in [-0.39, 0.29) is 4.90 Å². The molecule has 0 fully saturated rings. The Bertz CT molecular complexity index is 483. The number of aryl methyl sites for hydroxylation is 1. The number of methoxy groups -OCH3 is 1. The maximum absolute atomic E-state index is 11.8. The molecular weight excluding hydrogens is 228 g/mol. The van der Waals surface area contributed by atoms with Gasteiger partial charge in [0.25, 0.3) is 0 Å². The molecule has 0 radical (unpaired) electrons. The summed E-state index contributed by atoms with van der Waals surface area (Å²) in [7, 11) is -2.03. The van der Waals surface area contributed by atoms with Crippen LogP contribution in [0.4, 0.5) is 5.69 Å². The fourth-order valence-electron chi connectivity index (χ4n) is 1.43. The molecular formula is C10H16N2O3S. The van der Waals surface area contributed by atoms with E-state index in [0.717, 1.165) is 0 Å².